The van der Waals surface area contributed by atoms with E-state index in [0.29, 0.717) is 5.69 Å². The number of hydrogen-bond donors (Lipinski definition) is 1. The first kappa shape index (κ1) is 16.5. The van der Waals surface area contributed by atoms with Crippen LogP contribution in [0.15, 0.2) is 48.5 Å². The molecule has 0 radical (unpaired) electrons. The van der Waals surface area contributed by atoms with E-state index in [1.54, 1.807) is 12.1 Å². The number of rotatable bonds is 3. The molecule has 2 heterocycles. The number of fused-ring (bicyclic) bond motifs is 1. The highest BCUT2D eigenvalue weighted by molar-refractivity contribution is 6.52. The lowest BCUT2D eigenvalue weighted by Crippen LogP contribution is -3.13. The van der Waals surface area contributed by atoms with Crippen LogP contribution in [-0.2, 0) is 22.6 Å². The van der Waals surface area contributed by atoms with Gasteiger partial charge in [-0.2, -0.15) is 0 Å². The van der Waals surface area contributed by atoms with Crippen molar-refractivity contribution in [1.29, 1.82) is 0 Å². The van der Waals surface area contributed by atoms with E-state index in [4.69, 9.17) is 0 Å². The van der Waals surface area contributed by atoms with Gasteiger partial charge in [-0.3, -0.25) is 9.59 Å². The number of urea groups is 1. The lowest BCUT2D eigenvalue weighted by molar-refractivity contribution is -0.922. The Kier molecular flexibility index (Phi) is 4.05. The maximum absolute atomic E-state index is 12.7. The van der Waals surface area contributed by atoms with Crippen LogP contribution in [-0.4, -0.2) is 36.0 Å². The van der Waals surface area contributed by atoms with E-state index in [-0.39, 0.29) is 6.67 Å². The number of nitrogens with one attached hydrogen (secondary N) is 1. The number of carbonyl (C=O) groups is 3. The molecule has 132 valence electrons. The van der Waals surface area contributed by atoms with Crippen molar-refractivity contribution in [2.24, 2.45) is 0 Å². The topological polar surface area (TPSA) is 62.1 Å². The van der Waals surface area contributed by atoms with Crippen LogP contribution in [0.2, 0.25) is 0 Å². The number of nitrogens with zero attached hydrogens (tertiary/aromatic N) is 2. The molecule has 1 unspecified atom stereocenters. The largest absolute Gasteiger partial charge is 0.343 e. The minimum atomic E-state index is -0.782. The fraction of sp³-hybridized carbons (Fsp3) is 0.250. The highest BCUT2D eigenvalue weighted by Crippen LogP contribution is 2.22. The Morgan fingerprint density at radius 3 is 2.35 bits per heavy atom. The van der Waals surface area contributed by atoms with Crippen molar-refractivity contribution >= 4 is 23.5 Å². The normalized spacial score (nSPS) is 19.9. The van der Waals surface area contributed by atoms with Gasteiger partial charge in [0.05, 0.1) is 12.2 Å². The van der Waals surface area contributed by atoms with Crippen molar-refractivity contribution in [2.45, 2.75) is 19.9 Å². The molecule has 2 aliphatic heterocycles. The lowest BCUT2D eigenvalue weighted by Gasteiger charge is -2.28. The molecule has 4 rings (SSSR count). The molecule has 1 atom stereocenters. The summed E-state index contributed by atoms with van der Waals surface area (Å²) in [6, 6.07) is 14.7. The fourth-order valence-electron chi connectivity index (χ4n) is 3.57. The standard InChI is InChI=1S/C20H19N3O3/c1-14-6-8-17(9-7-14)23-19(25)18(24)22(20(23)26)13-21-11-10-15-4-2-3-5-16(15)12-21/h2-9H,10-13H2,1H3/p+1. The van der Waals surface area contributed by atoms with E-state index in [1.807, 2.05) is 31.2 Å². The smallest absolute Gasteiger partial charge is 0.313 e. The quantitative estimate of drug-likeness (QED) is 0.661. The van der Waals surface area contributed by atoms with Crippen molar-refractivity contribution in [3.63, 3.8) is 0 Å². The first-order chi connectivity index (χ1) is 12.5. The molecular formula is C20H20N3O3+. The fourth-order valence-corrected chi connectivity index (χ4v) is 3.57. The zero-order valence-corrected chi connectivity index (χ0v) is 14.6. The van der Waals surface area contributed by atoms with Gasteiger partial charge in [0.25, 0.3) is 0 Å². The summed E-state index contributed by atoms with van der Waals surface area (Å²) in [5.74, 6) is -1.53. The SMILES string of the molecule is Cc1ccc(N2C(=O)C(=O)N(C[NH+]3CCc4ccccc4C3)C2=O)cc1. The lowest BCUT2D eigenvalue weighted by atomic mass is 10.0. The number of anilines is 1. The van der Waals surface area contributed by atoms with E-state index in [1.165, 1.54) is 11.1 Å². The summed E-state index contributed by atoms with van der Waals surface area (Å²) in [5.41, 5.74) is 4.00. The summed E-state index contributed by atoms with van der Waals surface area (Å²) in [6.07, 6.45) is 0.900. The number of quaternary nitrogens is 1. The van der Waals surface area contributed by atoms with E-state index < -0.39 is 17.8 Å². The maximum Gasteiger partial charge on any atom is 0.343 e. The van der Waals surface area contributed by atoms with Crippen molar-refractivity contribution < 1.29 is 19.3 Å². The van der Waals surface area contributed by atoms with Gasteiger partial charge < -0.3 is 4.90 Å². The van der Waals surface area contributed by atoms with Gasteiger partial charge in [0.1, 0.15) is 6.54 Å². The monoisotopic (exact) mass is 350 g/mol. The number of carbonyl (C=O) groups excluding carboxylic acids is 3. The zero-order valence-electron chi connectivity index (χ0n) is 14.6. The van der Waals surface area contributed by atoms with Crippen LogP contribution in [0.3, 0.4) is 0 Å². The molecule has 0 bridgehead atoms. The Bertz CT molecular complexity index is 891. The van der Waals surface area contributed by atoms with Crippen LogP contribution in [0.4, 0.5) is 10.5 Å². The van der Waals surface area contributed by atoms with Crippen LogP contribution in [0, 0.1) is 6.92 Å². The average Bonchev–Trinajstić information content (AvgIpc) is 2.86. The van der Waals surface area contributed by atoms with E-state index in [9.17, 15) is 14.4 Å². The first-order valence-corrected chi connectivity index (χ1v) is 8.71. The Balaban J connectivity index is 1.53. The Labute approximate surface area is 151 Å². The number of hydrogen-bond acceptors (Lipinski definition) is 3. The third-order valence-electron chi connectivity index (χ3n) is 5.03. The molecule has 0 spiro atoms. The Morgan fingerprint density at radius 2 is 1.62 bits per heavy atom. The predicted molar refractivity (Wildman–Crippen MR) is 95.5 cm³/mol. The molecule has 0 aromatic heterocycles. The molecule has 1 fully saturated rings. The van der Waals surface area contributed by atoms with E-state index in [2.05, 4.69) is 12.1 Å². The minimum absolute atomic E-state index is 0.208. The first-order valence-electron chi connectivity index (χ1n) is 8.71. The van der Waals surface area contributed by atoms with Gasteiger partial charge >= 0.3 is 17.8 Å². The second-order valence-corrected chi connectivity index (χ2v) is 6.85. The molecule has 1 N–H and O–H groups in total. The van der Waals surface area contributed by atoms with Gasteiger partial charge in [-0.15, -0.1) is 0 Å². The molecule has 2 aromatic rings. The van der Waals surface area contributed by atoms with Gasteiger partial charge in [0.15, 0.2) is 6.67 Å². The average molecular weight is 350 g/mol. The number of imide groups is 2. The van der Waals surface area contributed by atoms with Crippen LogP contribution >= 0.6 is 0 Å². The Hall–Kier alpha value is -2.99. The molecule has 2 aliphatic rings. The summed E-state index contributed by atoms with van der Waals surface area (Å²) >= 11 is 0. The van der Waals surface area contributed by atoms with Crippen LogP contribution in [0.1, 0.15) is 16.7 Å². The molecule has 1 saturated heterocycles. The van der Waals surface area contributed by atoms with E-state index >= 15 is 0 Å². The highest BCUT2D eigenvalue weighted by atomic mass is 16.2. The van der Waals surface area contributed by atoms with Crippen LogP contribution in [0.25, 0.3) is 0 Å². The van der Waals surface area contributed by atoms with Crippen molar-refractivity contribution in [3.8, 4) is 0 Å². The maximum atomic E-state index is 12.7. The van der Waals surface area contributed by atoms with Crippen LogP contribution < -0.4 is 9.80 Å². The summed E-state index contributed by atoms with van der Waals surface area (Å²) in [4.78, 5) is 40.6. The second-order valence-electron chi connectivity index (χ2n) is 6.85. The molecule has 0 saturated carbocycles. The van der Waals surface area contributed by atoms with Gasteiger partial charge in [0, 0.05) is 12.0 Å². The van der Waals surface area contributed by atoms with E-state index in [0.717, 1.165) is 39.8 Å². The van der Waals surface area contributed by atoms with Crippen molar-refractivity contribution in [1.82, 2.24) is 4.90 Å². The summed E-state index contributed by atoms with van der Waals surface area (Å²) in [6.45, 7) is 3.70. The third kappa shape index (κ3) is 2.78. The van der Waals surface area contributed by atoms with Gasteiger partial charge in [-0.05, 0) is 24.6 Å². The van der Waals surface area contributed by atoms with Crippen molar-refractivity contribution in [2.75, 3.05) is 18.1 Å². The van der Waals surface area contributed by atoms with Crippen LogP contribution in [0.5, 0.6) is 0 Å². The number of benzene rings is 2. The summed E-state index contributed by atoms with van der Waals surface area (Å²) < 4.78 is 0. The summed E-state index contributed by atoms with van der Waals surface area (Å²) in [5, 5.41) is 0. The summed E-state index contributed by atoms with van der Waals surface area (Å²) in [7, 11) is 0. The molecule has 6 heteroatoms. The molecular weight excluding hydrogens is 330 g/mol. The van der Waals surface area contributed by atoms with Gasteiger partial charge in [-0.1, -0.05) is 42.0 Å². The molecule has 6 nitrogen and oxygen atoms in total. The molecule has 4 amide bonds. The third-order valence-corrected chi connectivity index (χ3v) is 5.03. The zero-order chi connectivity index (χ0) is 18.3. The van der Waals surface area contributed by atoms with Gasteiger partial charge in [0.2, 0.25) is 0 Å². The van der Waals surface area contributed by atoms with Crippen molar-refractivity contribution in [3.05, 3.63) is 65.2 Å². The molecule has 2 aromatic carbocycles. The molecule has 26 heavy (non-hydrogen) atoms. The molecule has 0 aliphatic carbocycles. The minimum Gasteiger partial charge on any atom is -0.313 e. The second kappa shape index (κ2) is 6.38. The number of amides is 4. The van der Waals surface area contributed by atoms with Gasteiger partial charge in [-0.25, -0.2) is 14.6 Å². The predicted octanol–water partition coefficient (Wildman–Crippen LogP) is 0.889. The number of aryl methyl sites for hydroxylation is 1. The highest BCUT2D eigenvalue weighted by Gasteiger charge is 2.47. The Morgan fingerprint density at radius 1 is 0.923 bits per heavy atom.